The van der Waals surface area contributed by atoms with Gasteiger partial charge in [0.25, 0.3) is 0 Å². The third-order valence-corrected chi connectivity index (χ3v) is 2.85. The van der Waals surface area contributed by atoms with Crippen molar-refractivity contribution in [3.63, 3.8) is 0 Å². The van der Waals surface area contributed by atoms with Crippen LogP contribution in [0.15, 0.2) is 0 Å². The van der Waals surface area contributed by atoms with Crippen molar-refractivity contribution < 1.29 is 19.4 Å². The summed E-state index contributed by atoms with van der Waals surface area (Å²) >= 11 is 0. The number of hydrogen-bond donors (Lipinski definition) is 2. The lowest BCUT2D eigenvalue weighted by Gasteiger charge is -2.35. The Morgan fingerprint density at radius 2 is 2.14 bits per heavy atom. The number of amides is 2. The third-order valence-electron chi connectivity index (χ3n) is 2.85. The fraction of sp³-hybridized carbons (Fsp3) is 0.750. The summed E-state index contributed by atoms with van der Waals surface area (Å²) in [6, 6.07) is 0. The van der Waals surface area contributed by atoms with Gasteiger partial charge in [-0.3, -0.25) is 0 Å². The van der Waals surface area contributed by atoms with E-state index in [1.807, 2.05) is 0 Å². The number of hydrogen-bond acceptors (Lipinski definition) is 4. The SMILES string of the molecule is O=C(O)N1C(=O)OCC12CCNCC2. The summed E-state index contributed by atoms with van der Waals surface area (Å²) in [7, 11) is 0. The molecule has 2 rings (SSSR count). The fourth-order valence-corrected chi connectivity index (χ4v) is 2.06. The van der Waals surface area contributed by atoms with Crippen LogP contribution >= 0.6 is 0 Å². The largest absolute Gasteiger partial charge is 0.465 e. The van der Waals surface area contributed by atoms with Gasteiger partial charge >= 0.3 is 12.2 Å². The molecule has 0 unspecified atom stereocenters. The minimum Gasteiger partial charge on any atom is -0.465 e. The van der Waals surface area contributed by atoms with Crippen LogP contribution in [0.5, 0.6) is 0 Å². The van der Waals surface area contributed by atoms with Crippen molar-refractivity contribution in [3.8, 4) is 0 Å². The Balaban J connectivity index is 2.24. The molecule has 2 aliphatic heterocycles. The summed E-state index contributed by atoms with van der Waals surface area (Å²) in [6.07, 6.45) is -0.690. The number of carbonyl (C=O) groups excluding carboxylic acids is 1. The summed E-state index contributed by atoms with van der Waals surface area (Å²) in [5.74, 6) is 0. The van der Waals surface area contributed by atoms with Crippen LogP contribution in [-0.2, 0) is 4.74 Å². The summed E-state index contributed by atoms with van der Waals surface area (Å²) in [6.45, 7) is 1.64. The van der Waals surface area contributed by atoms with E-state index in [2.05, 4.69) is 5.32 Å². The predicted octanol–water partition coefficient (Wildman–Crippen LogP) is 0.239. The van der Waals surface area contributed by atoms with Crippen LogP contribution in [-0.4, -0.2) is 47.4 Å². The standard InChI is InChI=1S/C8H12N2O4/c11-6(12)10-7(13)14-5-8(10)1-3-9-4-2-8/h9H,1-5H2,(H,11,12). The maximum atomic E-state index is 11.2. The Morgan fingerprint density at radius 1 is 1.50 bits per heavy atom. The molecule has 2 N–H and O–H groups in total. The van der Waals surface area contributed by atoms with Crippen molar-refractivity contribution in [2.24, 2.45) is 0 Å². The number of piperidine rings is 1. The first-order valence-corrected chi connectivity index (χ1v) is 4.56. The quantitative estimate of drug-likeness (QED) is 0.585. The molecule has 0 bridgehead atoms. The Morgan fingerprint density at radius 3 is 2.71 bits per heavy atom. The highest BCUT2D eigenvalue weighted by atomic mass is 16.6. The minimum atomic E-state index is -1.21. The van der Waals surface area contributed by atoms with Crippen molar-refractivity contribution in [2.75, 3.05) is 19.7 Å². The zero-order valence-electron chi connectivity index (χ0n) is 7.65. The van der Waals surface area contributed by atoms with Gasteiger partial charge in [0.2, 0.25) is 0 Å². The summed E-state index contributed by atoms with van der Waals surface area (Å²) in [5, 5.41) is 12.0. The number of cyclic esters (lactones) is 1. The van der Waals surface area contributed by atoms with E-state index >= 15 is 0 Å². The zero-order chi connectivity index (χ0) is 10.2. The van der Waals surface area contributed by atoms with Gasteiger partial charge in [-0.05, 0) is 25.9 Å². The molecule has 6 nitrogen and oxygen atoms in total. The Hall–Kier alpha value is -1.30. The smallest absolute Gasteiger partial charge is 0.420 e. The van der Waals surface area contributed by atoms with E-state index in [4.69, 9.17) is 9.84 Å². The number of rotatable bonds is 0. The monoisotopic (exact) mass is 200 g/mol. The third kappa shape index (κ3) is 1.22. The minimum absolute atomic E-state index is 0.194. The molecule has 14 heavy (non-hydrogen) atoms. The second kappa shape index (κ2) is 3.13. The first kappa shape index (κ1) is 9.26. The van der Waals surface area contributed by atoms with Gasteiger partial charge in [0, 0.05) is 0 Å². The van der Waals surface area contributed by atoms with Crippen molar-refractivity contribution in [1.82, 2.24) is 10.2 Å². The molecule has 1 spiro atoms. The first-order valence-electron chi connectivity index (χ1n) is 4.56. The Labute approximate surface area is 80.8 Å². The topological polar surface area (TPSA) is 78.9 Å². The van der Waals surface area contributed by atoms with Crippen molar-refractivity contribution >= 4 is 12.2 Å². The summed E-state index contributed by atoms with van der Waals surface area (Å²) < 4.78 is 4.80. The maximum Gasteiger partial charge on any atom is 0.420 e. The second-order valence-corrected chi connectivity index (χ2v) is 3.65. The van der Waals surface area contributed by atoms with Gasteiger partial charge in [0.1, 0.15) is 6.61 Å². The highest BCUT2D eigenvalue weighted by molar-refractivity contribution is 5.89. The van der Waals surface area contributed by atoms with Crippen LogP contribution in [0.2, 0.25) is 0 Å². The fourth-order valence-electron chi connectivity index (χ4n) is 2.06. The number of nitrogens with one attached hydrogen (secondary N) is 1. The van der Waals surface area contributed by atoms with Crippen LogP contribution in [0.1, 0.15) is 12.8 Å². The molecule has 0 radical (unpaired) electrons. The normalized spacial score (nSPS) is 25.1. The lowest BCUT2D eigenvalue weighted by Crippen LogP contribution is -2.55. The molecule has 0 saturated carbocycles. The number of carboxylic acid groups (broad SMARTS) is 1. The van der Waals surface area contributed by atoms with E-state index in [0.717, 1.165) is 18.0 Å². The van der Waals surface area contributed by atoms with Gasteiger partial charge in [-0.1, -0.05) is 0 Å². The molecule has 6 heteroatoms. The molecule has 0 aromatic rings. The van der Waals surface area contributed by atoms with Gasteiger partial charge in [-0.25, -0.2) is 14.5 Å². The van der Waals surface area contributed by atoms with Crippen LogP contribution in [0, 0.1) is 0 Å². The van der Waals surface area contributed by atoms with Gasteiger partial charge in [0.05, 0.1) is 5.54 Å². The molecule has 0 aromatic carbocycles. The van der Waals surface area contributed by atoms with Crippen molar-refractivity contribution in [1.29, 1.82) is 0 Å². The van der Waals surface area contributed by atoms with Gasteiger partial charge in [-0.15, -0.1) is 0 Å². The van der Waals surface area contributed by atoms with Gasteiger partial charge in [-0.2, -0.15) is 0 Å². The molecule has 0 aromatic heterocycles. The first-order chi connectivity index (χ1) is 6.66. The van der Waals surface area contributed by atoms with Crippen LogP contribution in [0.25, 0.3) is 0 Å². The number of ether oxygens (including phenoxy) is 1. The maximum absolute atomic E-state index is 11.2. The lowest BCUT2D eigenvalue weighted by molar-refractivity contribution is 0.102. The number of imide groups is 1. The van der Waals surface area contributed by atoms with Crippen molar-refractivity contribution in [3.05, 3.63) is 0 Å². The predicted molar refractivity (Wildman–Crippen MR) is 46.0 cm³/mol. The Bertz CT molecular complexity index is 273. The molecule has 2 aliphatic rings. The molecule has 78 valence electrons. The molecule has 2 saturated heterocycles. The van der Waals surface area contributed by atoms with E-state index in [1.54, 1.807) is 0 Å². The molecular formula is C8H12N2O4. The van der Waals surface area contributed by atoms with E-state index in [9.17, 15) is 9.59 Å². The average molecular weight is 200 g/mol. The second-order valence-electron chi connectivity index (χ2n) is 3.65. The average Bonchev–Trinajstić information content (AvgIpc) is 2.45. The number of nitrogens with zero attached hydrogens (tertiary/aromatic N) is 1. The molecule has 2 amide bonds. The molecule has 0 aliphatic carbocycles. The van der Waals surface area contributed by atoms with Gasteiger partial charge < -0.3 is 15.2 Å². The molecule has 2 heterocycles. The lowest BCUT2D eigenvalue weighted by atomic mass is 9.88. The summed E-state index contributed by atoms with van der Waals surface area (Å²) in [4.78, 5) is 22.9. The van der Waals surface area contributed by atoms with Gasteiger partial charge in [0.15, 0.2) is 0 Å². The Kier molecular flexibility index (Phi) is 2.07. The van der Waals surface area contributed by atoms with E-state index in [0.29, 0.717) is 12.8 Å². The molecule has 0 atom stereocenters. The number of carbonyl (C=O) groups is 2. The van der Waals surface area contributed by atoms with E-state index in [-0.39, 0.29) is 6.61 Å². The van der Waals surface area contributed by atoms with E-state index < -0.39 is 17.7 Å². The summed E-state index contributed by atoms with van der Waals surface area (Å²) in [5.41, 5.74) is -0.617. The van der Waals surface area contributed by atoms with Crippen molar-refractivity contribution in [2.45, 2.75) is 18.4 Å². The van der Waals surface area contributed by atoms with Crippen LogP contribution in [0.4, 0.5) is 9.59 Å². The van der Waals surface area contributed by atoms with Crippen LogP contribution in [0.3, 0.4) is 0 Å². The zero-order valence-corrected chi connectivity index (χ0v) is 7.65. The molecule has 2 fully saturated rings. The van der Waals surface area contributed by atoms with E-state index in [1.165, 1.54) is 0 Å². The molecular weight excluding hydrogens is 188 g/mol. The highest BCUT2D eigenvalue weighted by Crippen LogP contribution is 2.32. The van der Waals surface area contributed by atoms with Crippen LogP contribution < -0.4 is 5.32 Å². The highest BCUT2D eigenvalue weighted by Gasteiger charge is 2.51.